The SMILES string of the molecule is Cc1[nH]c(C(=O)Nc2cccc(Cl)c2)c(C)c1S(=O)(=O)N1CCCC1. The maximum Gasteiger partial charge on any atom is 0.272 e. The van der Waals surface area contributed by atoms with E-state index in [1.165, 1.54) is 4.31 Å². The van der Waals surface area contributed by atoms with Crippen molar-refractivity contribution in [2.75, 3.05) is 18.4 Å². The number of aromatic nitrogens is 1. The molecule has 2 aromatic rings. The van der Waals surface area contributed by atoms with E-state index < -0.39 is 15.9 Å². The van der Waals surface area contributed by atoms with E-state index in [1.807, 2.05) is 0 Å². The van der Waals surface area contributed by atoms with E-state index in [1.54, 1.807) is 38.1 Å². The Labute approximate surface area is 152 Å². The lowest BCUT2D eigenvalue weighted by molar-refractivity contribution is 0.102. The lowest BCUT2D eigenvalue weighted by Crippen LogP contribution is -2.28. The zero-order valence-electron chi connectivity index (χ0n) is 14.1. The summed E-state index contributed by atoms with van der Waals surface area (Å²) in [5.74, 6) is -0.397. The van der Waals surface area contributed by atoms with Crippen LogP contribution in [0.5, 0.6) is 0 Å². The molecule has 25 heavy (non-hydrogen) atoms. The molecule has 134 valence electrons. The molecule has 0 unspecified atom stereocenters. The minimum Gasteiger partial charge on any atom is -0.353 e. The van der Waals surface area contributed by atoms with E-state index in [-0.39, 0.29) is 10.6 Å². The smallest absolute Gasteiger partial charge is 0.272 e. The summed E-state index contributed by atoms with van der Waals surface area (Å²) in [6.45, 7) is 4.37. The Morgan fingerprint density at radius 1 is 1.24 bits per heavy atom. The fraction of sp³-hybridized carbons (Fsp3) is 0.353. The normalized spacial score (nSPS) is 15.5. The number of hydrogen-bond donors (Lipinski definition) is 2. The molecule has 0 radical (unpaired) electrons. The predicted molar refractivity (Wildman–Crippen MR) is 97.7 cm³/mol. The average Bonchev–Trinajstić information content (AvgIpc) is 3.16. The van der Waals surface area contributed by atoms with Crippen molar-refractivity contribution >= 4 is 33.2 Å². The number of benzene rings is 1. The number of nitrogens with zero attached hydrogens (tertiary/aromatic N) is 1. The van der Waals surface area contributed by atoms with Crippen LogP contribution in [0.4, 0.5) is 5.69 Å². The van der Waals surface area contributed by atoms with Crippen molar-refractivity contribution in [3.05, 3.63) is 46.2 Å². The number of nitrogens with one attached hydrogen (secondary N) is 2. The van der Waals surface area contributed by atoms with Gasteiger partial charge in [-0.05, 0) is 50.5 Å². The molecule has 1 saturated heterocycles. The van der Waals surface area contributed by atoms with Crippen LogP contribution in [0.3, 0.4) is 0 Å². The van der Waals surface area contributed by atoms with Crippen molar-refractivity contribution in [1.29, 1.82) is 0 Å². The Hall–Kier alpha value is -1.83. The maximum absolute atomic E-state index is 12.9. The molecule has 3 rings (SSSR count). The van der Waals surface area contributed by atoms with Gasteiger partial charge in [-0.1, -0.05) is 17.7 Å². The maximum atomic E-state index is 12.9. The van der Waals surface area contributed by atoms with Crippen LogP contribution in [0.1, 0.15) is 34.6 Å². The van der Waals surface area contributed by atoms with Gasteiger partial charge in [0.25, 0.3) is 5.91 Å². The van der Waals surface area contributed by atoms with Crippen molar-refractivity contribution < 1.29 is 13.2 Å². The molecule has 1 aromatic carbocycles. The van der Waals surface area contributed by atoms with E-state index in [4.69, 9.17) is 11.6 Å². The average molecular weight is 382 g/mol. The van der Waals surface area contributed by atoms with Crippen LogP contribution in [-0.4, -0.2) is 36.7 Å². The lowest BCUT2D eigenvalue weighted by Gasteiger charge is -2.16. The number of aryl methyl sites for hydroxylation is 1. The zero-order chi connectivity index (χ0) is 18.2. The van der Waals surface area contributed by atoms with Crippen LogP contribution in [-0.2, 0) is 10.0 Å². The molecular formula is C17H20ClN3O3S. The van der Waals surface area contributed by atoms with Crippen molar-refractivity contribution in [3.63, 3.8) is 0 Å². The van der Waals surface area contributed by atoms with Crippen LogP contribution in [0, 0.1) is 13.8 Å². The highest BCUT2D eigenvalue weighted by Gasteiger charge is 2.33. The van der Waals surface area contributed by atoms with E-state index in [0.29, 0.717) is 35.1 Å². The number of rotatable bonds is 4. The Morgan fingerprint density at radius 2 is 1.92 bits per heavy atom. The van der Waals surface area contributed by atoms with Gasteiger partial charge in [-0.2, -0.15) is 4.31 Å². The first kappa shape index (κ1) is 18.0. The van der Waals surface area contributed by atoms with Crippen molar-refractivity contribution in [1.82, 2.24) is 9.29 Å². The van der Waals surface area contributed by atoms with E-state index in [9.17, 15) is 13.2 Å². The highest BCUT2D eigenvalue weighted by atomic mass is 35.5. The summed E-state index contributed by atoms with van der Waals surface area (Å²) in [5.41, 5.74) is 1.70. The molecule has 0 spiro atoms. The third-order valence-corrected chi connectivity index (χ3v) is 6.75. The van der Waals surface area contributed by atoms with Crippen LogP contribution < -0.4 is 5.32 Å². The fourth-order valence-electron chi connectivity index (χ4n) is 3.16. The minimum atomic E-state index is -3.59. The van der Waals surface area contributed by atoms with Crippen molar-refractivity contribution in [2.45, 2.75) is 31.6 Å². The summed E-state index contributed by atoms with van der Waals surface area (Å²) in [5, 5.41) is 3.25. The van der Waals surface area contributed by atoms with Gasteiger partial charge in [0.05, 0.1) is 0 Å². The Bertz CT molecular complexity index is 915. The summed E-state index contributed by atoms with van der Waals surface area (Å²) < 4.78 is 27.2. The number of anilines is 1. The van der Waals surface area contributed by atoms with Gasteiger partial charge in [-0.15, -0.1) is 0 Å². The Balaban J connectivity index is 1.92. The number of H-pyrrole nitrogens is 1. The minimum absolute atomic E-state index is 0.200. The van der Waals surface area contributed by atoms with Gasteiger partial charge in [-0.25, -0.2) is 8.42 Å². The van der Waals surface area contributed by atoms with Crippen molar-refractivity contribution in [2.24, 2.45) is 0 Å². The number of halogens is 1. The largest absolute Gasteiger partial charge is 0.353 e. The number of carbonyl (C=O) groups excluding carboxylic acids is 1. The molecule has 1 fully saturated rings. The van der Waals surface area contributed by atoms with Gasteiger partial charge < -0.3 is 10.3 Å². The molecule has 1 amide bonds. The van der Waals surface area contributed by atoms with Gasteiger partial charge in [-0.3, -0.25) is 4.79 Å². The molecule has 0 aliphatic carbocycles. The van der Waals surface area contributed by atoms with Crippen LogP contribution in [0.15, 0.2) is 29.2 Å². The van der Waals surface area contributed by atoms with Gasteiger partial charge in [0.2, 0.25) is 10.0 Å². The summed E-state index contributed by atoms with van der Waals surface area (Å²) in [4.78, 5) is 15.7. The molecule has 2 N–H and O–H groups in total. The molecule has 0 bridgehead atoms. The van der Waals surface area contributed by atoms with E-state index in [0.717, 1.165) is 12.8 Å². The summed E-state index contributed by atoms with van der Waals surface area (Å²) in [7, 11) is -3.59. The number of aromatic amines is 1. The van der Waals surface area contributed by atoms with Crippen molar-refractivity contribution in [3.8, 4) is 0 Å². The van der Waals surface area contributed by atoms with Gasteiger partial charge in [0, 0.05) is 29.5 Å². The highest BCUT2D eigenvalue weighted by molar-refractivity contribution is 7.89. The summed E-state index contributed by atoms with van der Waals surface area (Å²) in [6.07, 6.45) is 1.73. The van der Waals surface area contributed by atoms with E-state index >= 15 is 0 Å². The number of sulfonamides is 1. The molecule has 6 nitrogen and oxygen atoms in total. The molecule has 1 aliphatic heterocycles. The number of hydrogen-bond acceptors (Lipinski definition) is 3. The third kappa shape index (κ3) is 3.44. The monoisotopic (exact) mass is 381 g/mol. The molecule has 1 aliphatic rings. The fourth-order valence-corrected chi connectivity index (χ4v) is 5.28. The number of amides is 1. The molecule has 2 heterocycles. The summed E-state index contributed by atoms with van der Waals surface area (Å²) in [6, 6.07) is 6.79. The standard InChI is InChI=1S/C17H20ClN3O3S/c1-11-15(17(22)20-14-7-5-6-13(18)10-14)19-12(2)16(11)25(23,24)21-8-3-4-9-21/h5-7,10,19H,3-4,8-9H2,1-2H3,(H,20,22). The van der Waals surface area contributed by atoms with Crippen LogP contribution in [0.25, 0.3) is 0 Å². The first-order valence-corrected chi connectivity index (χ1v) is 9.88. The molecule has 0 saturated carbocycles. The second kappa shape index (κ2) is 6.82. The topological polar surface area (TPSA) is 82.3 Å². The Kier molecular flexibility index (Phi) is 4.90. The first-order chi connectivity index (χ1) is 11.8. The highest BCUT2D eigenvalue weighted by Crippen LogP contribution is 2.29. The van der Waals surface area contributed by atoms with E-state index in [2.05, 4.69) is 10.3 Å². The molecule has 8 heteroatoms. The third-order valence-electron chi connectivity index (χ3n) is 4.34. The quantitative estimate of drug-likeness (QED) is 0.852. The number of carbonyl (C=O) groups is 1. The van der Waals surface area contributed by atoms with Gasteiger partial charge in [0.15, 0.2) is 0 Å². The lowest BCUT2D eigenvalue weighted by atomic mass is 10.2. The second-order valence-electron chi connectivity index (χ2n) is 6.15. The zero-order valence-corrected chi connectivity index (χ0v) is 15.7. The molecular weight excluding hydrogens is 362 g/mol. The van der Waals surface area contributed by atoms with Crippen LogP contribution in [0.2, 0.25) is 5.02 Å². The van der Waals surface area contributed by atoms with Crippen LogP contribution >= 0.6 is 11.6 Å². The predicted octanol–water partition coefficient (Wildman–Crippen LogP) is 3.32. The molecule has 0 atom stereocenters. The summed E-state index contributed by atoms with van der Waals surface area (Å²) >= 11 is 5.92. The van der Waals surface area contributed by atoms with Gasteiger partial charge in [0.1, 0.15) is 10.6 Å². The first-order valence-electron chi connectivity index (χ1n) is 8.07. The molecule has 1 aromatic heterocycles. The van der Waals surface area contributed by atoms with Gasteiger partial charge >= 0.3 is 0 Å². The second-order valence-corrected chi connectivity index (χ2v) is 8.47. The Morgan fingerprint density at radius 3 is 2.56 bits per heavy atom.